The van der Waals surface area contributed by atoms with Crippen molar-refractivity contribution < 1.29 is 4.79 Å². The summed E-state index contributed by atoms with van der Waals surface area (Å²) in [5, 5.41) is 1.97. The molecule has 0 aliphatic carbocycles. The average Bonchev–Trinajstić information content (AvgIpc) is 2.88. The van der Waals surface area contributed by atoms with E-state index in [0.717, 1.165) is 56.2 Å². The lowest BCUT2D eigenvalue weighted by Crippen LogP contribution is -2.48. The molecule has 0 bridgehead atoms. The summed E-state index contributed by atoms with van der Waals surface area (Å²) in [4.78, 5) is 19.5. The Morgan fingerprint density at radius 1 is 1.08 bits per heavy atom. The number of halogens is 1. The van der Waals surface area contributed by atoms with Crippen molar-refractivity contribution in [2.45, 2.75) is 19.5 Å². The fourth-order valence-corrected chi connectivity index (χ4v) is 4.19. The zero-order valence-electron chi connectivity index (χ0n) is 15.0. The Bertz CT molecular complexity index is 807. The van der Waals surface area contributed by atoms with Crippen LogP contribution < -0.4 is 0 Å². The van der Waals surface area contributed by atoms with E-state index in [1.807, 2.05) is 11.0 Å². The van der Waals surface area contributed by atoms with E-state index in [4.69, 9.17) is 11.6 Å². The molecule has 2 aromatic rings. The highest BCUT2D eigenvalue weighted by molar-refractivity contribution is 6.31. The molecule has 0 saturated carbocycles. The van der Waals surface area contributed by atoms with Crippen LogP contribution in [0.5, 0.6) is 0 Å². The van der Waals surface area contributed by atoms with E-state index in [2.05, 4.69) is 40.6 Å². The number of rotatable bonds is 2. The molecule has 0 spiro atoms. The lowest BCUT2D eigenvalue weighted by molar-refractivity contribution is -0.133. The van der Waals surface area contributed by atoms with Crippen LogP contribution in [-0.4, -0.2) is 72.0 Å². The third-order valence-corrected chi connectivity index (χ3v) is 5.80. The smallest absolute Gasteiger partial charge is 0.242 e. The van der Waals surface area contributed by atoms with Gasteiger partial charge in [0.05, 0.1) is 0 Å². The van der Waals surface area contributed by atoms with E-state index >= 15 is 0 Å². The monoisotopic (exact) mass is 360 g/mol. The van der Waals surface area contributed by atoms with Crippen molar-refractivity contribution in [1.82, 2.24) is 19.3 Å². The number of amides is 1. The molecule has 4 rings (SSSR count). The minimum Gasteiger partial charge on any atom is -0.339 e. The number of carbonyl (C=O) groups is 1. The molecule has 1 saturated heterocycles. The van der Waals surface area contributed by atoms with Gasteiger partial charge in [0.25, 0.3) is 0 Å². The van der Waals surface area contributed by atoms with Gasteiger partial charge in [-0.15, -0.1) is 0 Å². The summed E-state index contributed by atoms with van der Waals surface area (Å²) >= 11 is 6.24. The summed E-state index contributed by atoms with van der Waals surface area (Å²) in [6.45, 7) is 5.90. The van der Waals surface area contributed by atoms with E-state index < -0.39 is 0 Å². The van der Waals surface area contributed by atoms with Gasteiger partial charge in [-0.05, 0) is 44.3 Å². The Balaban J connectivity index is 1.69. The Morgan fingerprint density at radius 2 is 1.84 bits per heavy atom. The van der Waals surface area contributed by atoms with Gasteiger partial charge < -0.3 is 19.3 Å². The van der Waals surface area contributed by atoms with Crippen molar-refractivity contribution >= 4 is 28.4 Å². The van der Waals surface area contributed by atoms with E-state index in [1.165, 1.54) is 16.6 Å². The number of hydrogen-bond acceptors (Lipinski definition) is 3. The van der Waals surface area contributed by atoms with Gasteiger partial charge in [-0.3, -0.25) is 4.79 Å². The fraction of sp³-hybridized carbons (Fsp3) is 0.526. The van der Waals surface area contributed by atoms with Crippen molar-refractivity contribution in [2.24, 2.45) is 0 Å². The Labute approximate surface area is 153 Å². The molecule has 1 amide bonds. The third-order valence-electron chi connectivity index (χ3n) is 5.56. The summed E-state index contributed by atoms with van der Waals surface area (Å²) in [6.07, 6.45) is 1.01. The van der Waals surface area contributed by atoms with Crippen LogP contribution in [0.3, 0.4) is 0 Å². The maximum Gasteiger partial charge on any atom is 0.242 e. The molecule has 6 heteroatoms. The summed E-state index contributed by atoms with van der Waals surface area (Å²) in [5.74, 6) is 0.218. The van der Waals surface area contributed by atoms with Crippen LogP contribution >= 0.6 is 11.6 Å². The van der Waals surface area contributed by atoms with Crippen LogP contribution in [0.2, 0.25) is 5.02 Å². The first-order valence-electron chi connectivity index (χ1n) is 8.97. The number of nitrogens with zero attached hydrogens (tertiary/aromatic N) is 4. The van der Waals surface area contributed by atoms with Gasteiger partial charge in [-0.1, -0.05) is 11.6 Å². The summed E-state index contributed by atoms with van der Waals surface area (Å²) in [7, 11) is 4.25. The van der Waals surface area contributed by atoms with Crippen molar-refractivity contribution in [2.75, 3.05) is 46.8 Å². The maximum absolute atomic E-state index is 12.9. The van der Waals surface area contributed by atoms with Gasteiger partial charge >= 0.3 is 0 Å². The molecule has 1 fully saturated rings. The van der Waals surface area contributed by atoms with Crippen LogP contribution in [0.4, 0.5) is 0 Å². The average molecular weight is 361 g/mol. The molecule has 5 nitrogen and oxygen atoms in total. The lowest BCUT2D eigenvalue weighted by atomic mass is 10.0. The molecule has 0 atom stereocenters. The molecule has 0 unspecified atom stereocenters. The second-order valence-corrected chi connectivity index (χ2v) is 7.78. The van der Waals surface area contributed by atoms with E-state index in [1.54, 1.807) is 0 Å². The largest absolute Gasteiger partial charge is 0.339 e. The predicted octanol–water partition coefficient (Wildman–Crippen LogP) is 2.06. The number of likely N-dealkylation sites (N-methyl/N-ethyl adjacent to an activating group) is 2. The molecule has 0 N–H and O–H groups in total. The van der Waals surface area contributed by atoms with Gasteiger partial charge in [-0.25, -0.2) is 0 Å². The highest BCUT2D eigenvalue weighted by Gasteiger charge is 2.25. The Morgan fingerprint density at radius 3 is 2.60 bits per heavy atom. The minimum absolute atomic E-state index is 0.218. The van der Waals surface area contributed by atoms with Crippen LogP contribution in [0.25, 0.3) is 10.9 Å². The Hall–Kier alpha value is -1.56. The molecule has 1 aromatic heterocycles. The summed E-state index contributed by atoms with van der Waals surface area (Å²) < 4.78 is 2.22. The highest BCUT2D eigenvalue weighted by atomic mass is 35.5. The minimum atomic E-state index is 0.218. The number of benzene rings is 1. The highest BCUT2D eigenvalue weighted by Crippen LogP contribution is 2.32. The van der Waals surface area contributed by atoms with E-state index in [-0.39, 0.29) is 5.91 Å². The first-order valence-corrected chi connectivity index (χ1v) is 9.35. The number of aromatic nitrogens is 1. The van der Waals surface area contributed by atoms with Crippen molar-refractivity contribution in [3.63, 3.8) is 0 Å². The molecule has 0 radical (unpaired) electrons. The quantitative estimate of drug-likeness (QED) is 0.821. The first-order chi connectivity index (χ1) is 12.0. The molecule has 2 aliphatic rings. The second kappa shape index (κ2) is 6.63. The van der Waals surface area contributed by atoms with Crippen LogP contribution in [0, 0.1) is 0 Å². The summed E-state index contributed by atoms with van der Waals surface area (Å²) in [6, 6.07) is 6.04. The SMILES string of the molecule is CN1CCN(C(=O)Cn2c3c(c4cc(Cl)ccc42)CCN(C)C3)CC1. The zero-order valence-corrected chi connectivity index (χ0v) is 15.7. The van der Waals surface area contributed by atoms with Crippen molar-refractivity contribution in [1.29, 1.82) is 0 Å². The summed E-state index contributed by atoms with van der Waals surface area (Å²) in [5.41, 5.74) is 3.77. The van der Waals surface area contributed by atoms with E-state index in [9.17, 15) is 4.79 Å². The third kappa shape index (κ3) is 3.16. The number of hydrogen-bond donors (Lipinski definition) is 0. The second-order valence-electron chi connectivity index (χ2n) is 7.34. The van der Waals surface area contributed by atoms with Crippen LogP contribution in [-0.2, 0) is 24.3 Å². The van der Waals surface area contributed by atoms with Gasteiger partial charge in [0.15, 0.2) is 0 Å². The topological polar surface area (TPSA) is 31.7 Å². The molecule has 2 aliphatic heterocycles. The predicted molar refractivity (Wildman–Crippen MR) is 101 cm³/mol. The van der Waals surface area contributed by atoms with Gasteiger partial charge in [0.2, 0.25) is 5.91 Å². The number of carbonyl (C=O) groups excluding carboxylic acids is 1. The van der Waals surface area contributed by atoms with Crippen LogP contribution in [0.15, 0.2) is 18.2 Å². The van der Waals surface area contributed by atoms with E-state index in [0.29, 0.717) is 6.54 Å². The van der Waals surface area contributed by atoms with Gasteiger partial charge in [0, 0.05) is 60.9 Å². The first kappa shape index (κ1) is 16.9. The number of fused-ring (bicyclic) bond motifs is 3. The lowest BCUT2D eigenvalue weighted by Gasteiger charge is -2.33. The van der Waals surface area contributed by atoms with Crippen molar-refractivity contribution in [3.8, 4) is 0 Å². The molecule has 134 valence electrons. The normalized spacial score (nSPS) is 19.4. The molecular weight excluding hydrogens is 336 g/mol. The maximum atomic E-state index is 12.9. The molecular formula is C19H25ClN4O. The molecule has 1 aromatic carbocycles. The Kier molecular flexibility index (Phi) is 4.48. The molecule has 25 heavy (non-hydrogen) atoms. The fourth-order valence-electron chi connectivity index (χ4n) is 4.02. The van der Waals surface area contributed by atoms with Gasteiger partial charge in [-0.2, -0.15) is 0 Å². The van der Waals surface area contributed by atoms with Crippen molar-refractivity contribution in [3.05, 3.63) is 34.5 Å². The molecule has 3 heterocycles. The number of piperazine rings is 1. The van der Waals surface area contributed by atoms with Gasteiger partial charge in [0.1, 0.15) is 6.54 Å². The van der Waals surface area contributed by atoms with Crippen LogP contribution in [0.1, 0.15) is 11.3 Å². The standard InChI is InChI=1S/C19H25ClN4O/c1-21-7-9-23(10-8-21)19(25)13-24-17-4-3-14(20)11-16(17)15-5-6-22(2)12-18(15)24/h3-4,11H,5-10,12-13H2,1-2H3. The zero-order chi connectivity index (χ0) is 17.6.